The first-order chi connectivity index (χ1) is 13.0. The lowest BCUT2D eigenvalue weighted by atomic mass is 10.1. The van der Waals surface area contributed by atoms with Gasteiger partial charge in [-0.15, -0.1) is 0 Å². The lowest BCUT2D eigenvalue weighted by Crippen LogP contribution is -2.39. The maximum atomic E-state index is 12.3. The summed E-state index contributed by atoms with van der Waals surface area (Å²) in [5, 5.41) is 5.52. The number of nitrogens with zero attached hydrogens (tertiary/aromatic N) is 1. The Balaban J connectivity index is 1.58. The number of nitrogens with one attached hydrogen (secondary N) is 2. The fourth-order valence-corrected chi connectivity index (χ4v) is 2.97. The minimum absolute atomic E-state index is 0.0342. The zero-order valence-electron chi connectivity index (χ0n) is 15.2. The number of ketones is 1. The molecule has 1 fully saturated rings. The van der Waals surface area contributed by atoms with Gasteiger partial charge in [0.05, 0.1) is 13.2 Å². The third-order valence-corrected chi connectivity index (χ3v) is 4.37. The van der Waals surface area contributed by atoms with Gasteiger partial charge in [-0.05, 0) is 43.3 Å². The van der Waals surface area contributed by atoms with E-state index >= 15 is 0 Å². The standard InChI is InChI=1S/C20H21N3O4/c1-13(24)14-6-8-15(9-7-14)21-20(26)22-16-10-19(25)23(12-16)17-4-3-5-18(11-17)27-2/h3-9,11,16H,10,12H2,1-2H3,(H2,21,22,26)/t16-/m1/s1. The summed E-state index contributed by atoms with van der Waals surface area (Å²) in [6.45, 7) is 1.88. The molecule has 2 aromatic rings. The van der Waals surface area contributed by atoms with Gasteiger partial charge in [0.1, 0.15) is 5.75 Å². The maximum absolute atomic E-state index is 12.3. The second-order valence-corrected chi connectivity index (χ2v) is 6.34. The molecule has 1 saturated heterocycles. The topological polar surface area (TPSA) is 87.7 Å². The molecule has 1 aliphatic rings. The van der Waals surface area contributed by atoms with E-state index in [0.29, 0.717) is 23.5 Å². The highest BCUT2D eigenvalue weighted by molar-refractivity contribution is 5.98. The number of rotatable bonds is 5. The van der Waals surface area contributed by atoms with Crippen LogP contribution in [0.2, 0.25) is 0 Å². The van der Waals surface area contributed by atoms with Crippen LogP contribution >= 0.6 is 0 Å². The molecule has 2 aromatic carbocycles. The predicted octanol–water partition coefficient (Wildman–Crippen LogP) is 2.82. The van der Waals surface area contributed by atoms with E-state index in [9.17, 15) is 14.4 Å². The summed E-state index contributed by atoms with van der Waals surface area (Å²) < 4.78 is 5.19. The normalized spacial score (nSPS) is 16.1. The van der Waals surface area contributed by atoms with E-state index in [2.05, 4.69) is 10.6 Å². The van der Waals surface area contributed by atoms with Gasteiger partial charge >= 0.3 is 6.03 Å². The summed E-state index contributed by atoms with van der Waals surface area (Å²) in [5.74, 6) is 0.580. The van der Waals surface area contributed by atoms with Gasteiger partial charge in [0.2, 0.25) is 5.91 Å². The fourth-order valence-electron chi connectivity index (χ4n) is 2.97. The molecule has 0 bridgehead atoms. The van der Waals surface area contributed by atoms with Crippen molar-refractivity contribution < 1.29 is 19.1 Å². The van der Waals surface area contributed by atoms with Crippen LogP contribution in [0, 0.1) is 0 Å². The van der Waals surface area contributed by atoms with Crippen molar-refractivity contribution in [1.82, 2.24) is 5.32 Å². The molecule has 0 unspecified atom stereocenters. The van der Waals surface area contributed by atoms with Crippen LogP contribution in [0.5, 0.6) is 5.75 Å². The third kappa shape index (κ3) is 4.44. The molecule has 3 rings (SSSR count). The predicted molar refractivity (Wildman–Crippen MR) is 102 cm³/mol. The molecule has 0 spiro atoms. The number of Topliss-reactive ketones (excluding diaryl/α,β-unsaturated/α-hetero) is 1. The molecule has 0 radical (unpaired) electrons. The molecular formula is C20H21N3O4. The summed E-state index contributed by atoms with van der Waals surface area (Å²) in [5.41, 5.74) is 1.90. The van der Waals surface area contributed by atoms with Crippen molar-refractivity contribution in [3.8, 4) is 5.75 Å². The number of amides is 3. The molecule has 3 amide bonds. The Morgan fingerprint density at radius 2 is 1.89 bits per heavy atom. The molecule has 7 nitrogen and oxygen atoms in total. The van der Waals surface area contributed by atoms with Crippen molar-refractivity contribution in [2.45, 2.75) is 19.4 Å². The van der Waals surface area contributed by atoms with Gasteiger partial charge in [0, 0.05) is 36.0 Å². The number of urea groups is 1. The largest absolute Gasteiger partial charge is 0.497 e. The van der Waals surface area contributed by atoms with E-state index in [0.717, 1.165) is 5.69 Å². The highest BCUT2D eigenvalue weighted by Crippen LogP contribution is 2.25. The number of hydrogen-bond acceptors (Lipinski definition) is 4. The first-order valence-electron chi connectivity index (χ1n) is 8.59. The van der Waals surface area contributed by atoms with Crippen LogP contribution in [0.1, 0.15) is 23.7 Å². The van der Waals surface area contributed by atoms with E-state index in [4.69, 9.17) is 4.74 Å². The summed E-state index contributed by atoms with van der Waals surface area (Å²) in [6.07, 6.45) is 0.230. The minimum Gasteiger partial charge on any atom is -0.497 e. The number of carbonyl (C=O) groups excluding carboxylic acids is 3. The van der Waals surface area contributed by atoms with E-state index in [1.54, 1.807) is 42.3 Å². The number of hydrogen-bond donors (Lipinski definition) is 2. The Labute approximate surface area is 157 Å². The van der Waals surface area contributed by atoms with Crippen molar-refractivity contribution >= 4 is 29.1 Å². The van der Waals surface area contributed by atoms with Gasteiger partial charge < -0.3 is 20.3 Å². The maximum Gasteiger partial charge on any atom is 0.319 e. The summed E-state index contributed by atoms with van der Waals surface area (Å²) in [7, 11) is 1.57. The highest BCUT2D eigenvalue weighted by Gasteiger charge is 2.31. The van der Waals surface area contributed by atoms with Gasteiger partial charge in [-0.25, -0.2) is 4.79 Å². The second-order valence-electron chi connectivity index (χ2n) is 6.34. The van der Waals surface area contributed by atoms with Crippen molar-refractivity contribution in [3.05, 3.63) is 54.1 Å². The molecule has 0 aliphatic carbocycles. The smallest absolute Gasteiger partial charge is 0.319 e. The van der Waals surface area contributed by atoms with Crippen LogP contribution in [0.4, 0.5) is 16.2 Å². The van der Waals surface area contributed by atoms with Crippen LogP contribution in [-0.4, -0.2) is 37.4 Å². The van der Waals surface area contributed by atoms with Crippen molar-refractivity contribution in [3.63, 3.8) is 0 Å². The lowest BCUT2D eigenvalue weighted by molar-refractivity contribution is -0.117. The van der Waals surface area contributed by atoms with Crippen LogP contribution in [0.25, 0.3) is 0 Å². The van der Waals surface area contributed by atoms with Crippen LogP contribution in [-0.2, 0) is 4.79 Å². The van der Waals surface area contributed by atoms with E-state index in [-0.39, 0.29) is 24.2 Å². The van der Waals surface area contributed by atoms with Crippen molar-refractivity contribution in [1.29, 1.82) is 0 Å². The SMILES string of the molecule is COc1cccc(N2C[C@H](NC(=O)Nc3ccc(C(C)=O)cc3)CC2=O)c1. The first kappa shape index (κ1) is 18.4. The summed E-state index contributed by atoms with van der Waals surface area (Å²) in [6, 6.07) is 13.2. The van der Waals surface area contributed by atoms with E-state index in [1.165, 1.54) is 6.92 Å². The van der Waals surface area contributed by atoms with Crippen LogP contribution in [0.3, 0.4) is 0 Å². The quantitative estimate of drug-likeness (QED) is 0.796. The number of anilines is 2. The van der Waals surface area contributed by atoms with Gasteiger partial charge in [0.25, 0.3) is 0 Å². The van der Waals surface area contributed by atoms with Gasteiger partial charge in [-0.1, -0.05) is 6.07 Å². The Morgan fingerprint density at radius 1 is 1.15 bits per heavy atom. The second kappa shape index (κ2) is 7.90. The monoisotopic (exact) mass is 367 g/mol. The van der Waals surface area contributed by atoms with Gasteiger partial charge in [-0.2, -0.15) is 0 Å². The molecule has 27 heavy (non-hydrogen) atoms. The minimum atomic E-state index is -0.393. The number of ether oxygens (including phenoxy) is 1. The Hall–Kier alpha value is -3.35. The molecular weight excluding hydrogens is 346 g/mol. The summed E-state index contributed by atoms with van der Waals surface area (Å²) >= 11 is 0. The Bertz CT molecular complexity index is 864. The average Bonchev–Trinajstić information content (AvgIpc) is 3.02. The van der Waals surface area contributed by atoms with E-state index < -0.39 is 6.03 Å². The lowest BCUT2D eigenvalue weighted by Gasteiger charge is -2.18. The average molecular weight is 367 g/mol. The molecule has 0 saturated carbocycles. The van der Waals surface area contributed by atoms with Crippen molar-refractivity contribution in [2.24, 2.45) is 0 Å². The van der Waals surface area contributed by atoms with E-state index in [1.807, 2.05) is 18.2 Å². The number of benzene rings is 2. The molecule has 1 heterocycles. The molecule has 140 valence electrons. The Morgan fingerprint density at radius 3 is 2.56 bits per heavy atom. The molecule has 1 aliphatic heterocycles. The Kier molecular flexibility index (Phi) is 5.40. The van der Waals surface area contributed by atoms with Crippen molar-refractivity contribution in [2.75, 3.05) is 23.9 Å². The zero-order valence-corrected chi connectivity index (χ0v) is 15.2. The number of carbonyl (C=O) groups is 3. The number of methoxy groups -OCH3 is 1. The third-order valence-electron chi connectivity index (χ3n) is 4.37. The van der Waals surface area contributed by atoms with Crippen LogP contribution in [0.15, 0.2) is 48.5 Å². The molecule has 1 atom stereocenters. The molecule has 7 heteroatoms. The highest BCUT2D eigenvalue weighted by atomic mass is 16.5. The van der Waals surface area contributed by atoms with Gasteiger partial charge in [-0.3, -0.25) is 9.59 Å². The van der Waals surface area contributed by atoms with Gasteiger partial charge in [0.15, 0.2) is 5.78 Å². The molecule has 0 aromatic heterocycles. The van der Waals surface area contributed by atoms with Crippen LogP contribution < -0.4 is 20.3 Å². The summed E-state index contributed by atoms with van der Waals surface area (Å²) in [4.78, 5) is 37.4. The first-order valence-corrected chi connectivity index (χ1v) is 8.59. The molecule has 2 N–H and O–H groups in total. The fraction of sp³-hybridized carbons (Fsp3) is 0.250. The zero-order chi connectivity index (χ0) is 19.4.